The lowest BCUT2D eigenvalue weighted by molar-refractivity contribution is -0.151. The fraction of sp³-hybridized carbons (Fsp3) is 0.600. The molecule has 0 amide bonds. The Bertz CT molecular complexity index is 305. The normalized spacial score (nSPS) is 32.1. The van der Waals surface area contributed by atoms with Crippen molar-refractivity contribution < 1.29 is 19.8 Å². The number of rotatable bonds is 2. The van der Waals surface area contributed by atoms with Gasteiger partial charge in [0, 0.05) is 11.5 Å². The predicted octanol–water partition coefficient (Wildman–Crippen LogP) is 1.52. The number of carboxylic acid groups (broad SMARTS) is 2. The standard InChI is InChI=1S/C10H14O4/c1-6-7(8(11)12)4-3-5-10(6,2)9(13)14/h4,6H,3,5H2,1-2H3,(H,11,12)(H,13,14). The Balaban J connectivity index is 3.04. The summed E-state index contributed by atoms with van der Waals surface area (Å²) in [6.07, 6.45) is 2.65. The van der Waals surface area contributed by atoms with Crippen LogP contribution in [0.2, 0.25) is 0 Å². The summed E-state index contributed by atoms with van der Waals surface area (Å²) < 4.78 is 0. The van der Waals surface area contributed by atoms with Crippen LogP contribution in [0.3, 0.4) is 0 Å². The van der Waals surface area contributed by atoms with Crippen molar-refractivity contribution in [2.24, 2.45) is 11.3 Å². The summed E-state index contributed by atoms with van der Waals surface area (Å²) in [6.45, 7) is 3.27. The van der Waals surface area contributed by atoms with Gasteiger partial charge in [-0.05, 0) is 19.8 Å². The van der Waals surface area contributed by atoms with Gasteiger partial charge in [-0.1, -0.05) is 13.0 Å². The van der Waals surface area contributed by atoms with Crippen molar-refractivity contribution in [2.75, 3.05) is 0 Å². The summed E-state index contributed by atoms with van der Waals surface area (Å²) in [4.78, 5) is 21.8. The quantitative estimate of drug-likeness (QED) is 0.705. The monoisotopic (exact) mass is 198 g/mol. The third-order valence-electron chi connectivity index (χ3n) is 3.19. The molecule has 0 radical (unpaired) electrons. The van der Waals surface area contributed by atoms with E-state index in [9.17, 15) is 9.59 Å². The van der Waals surface area contributed by atoms with E-state index in [1.807, 2.05) is 0 Å². The van der Waals surface area contributed by atoms with Gasteiger partial charge in [-0.2, -0.15) is 0 Å². The first-order chi connectivity index (χ1) is 6.39. The highest BCUT2D eigenvalue weighted by atomic mass is 16.4. The third kappa shape index (κ3) is 1.52. The predicted molar refractivity (Wildman–Crippen MR) is 49.9 cm³/mol. The summed E-state index contributed by atoms with van der Waals surface area (Å²) in [5, 5.41) is 17.9. The first kappa shape index (κ1) is 10.8. The highest BCUT2D eigenvalue weighted by Crippen LogP contribution is 2.41. The van der Waals surface area contributed by atoms with E-state index in [0.29, 0.717) is 12.8 Å². The van der Waals surface area contributed by atoms with Gasteiger partial charge in [0.25, 0.3) is 0 Å². The molecular formula is C10H14O4. The highest BCUT2D eigenvalue weighted by Gasteiger charge is 2.43. The van der Waals surface area contributed by atoms with Crippen LogP contribution in [0.15, 0.2) is 11.6 Å². The van der Waals surface area contributed by atoms with Crippen molar-refractivity contribution in [1.29, 1.82) is 0 Å². The molecule has 0 aromatic rings. The van der Waals surface area contributed by atoms with Gasteiger partial charge < -0.3 is 10.2 Å². The van der Waals surface area contributed by atoms with Crippen molar-refractivity contribution in [2.45, 2.75) is 26.7 Å². The maximum Gasteiger partial charge on any atom is 0.331 e. The molecule has 4 heteroatoms. The van der Waals surface area contributed by atoms with Crippen molar-refractivity contribution >= 4 is 11.9 Å². The Morgan fingerprint density at radius 1 is 1.50 bits per heavy atom. The second-order valence-electron chi connectivity index (χ2n) is 3.95. The van der Waals surface area contributed by atoms with E-state index >= 15 is 0 Å². The van der Waals surface area contributed by atoms with Crippen LogP contribution in [-0.4, -0.2) is 22.2 Å². The summed E-state index contributed by atoms with van der Waals surface area (Å²) in [5.74, 6) is -2.37. The van der Waals surface area contributed by atoms with E-state index in [1.54, 1.807) is 19.9 Å². The highest BCUT2D eigenvalue weighted by molar-refractivity contribution is 5.89. The zero-order chi connectivity index (χ0) is 10.9. The lowest BCUT2D eigenvalue weighted by Gasteiger charge is -2.34. The molecule has 0 aromatic heterocycles. The molecule has 0 aliphatic heterocycles. The Hall–Kier alpha value is -1.32. The molecule has 2 N–H and O–H groups in total. The molecule has 14 heavy (non-hydrogen) atoms. The minimum Gasteiger partial charge on any atom is -0.481 e. The van der Waals surface area contributed by atoms with Crippen molar-refractivity contribution in [3.63, 3.8) is 0 Å². The average molecular weight is 198 g/mol. The van der Waals surface area contributed by atoms with Gasteiger partial charge in [0.05, 0.1) is 5.41 Å². The summed E-state index contributed by atoms with van der Waals surface area (Å²) in [6, 6.07) is 0. The first-order valence-electron chi connectivity index (χ1n) is 4.56. The number of aliphatic carboxylic acids is 2. The van der Waals surface area contributed by atoms with Gasteiger partial charge in [0.15, 0.2) is 0 Å². The molecule has 0 spiro atoms. The maximum atomic E-state index is 11.0. The molecular weight excluding hydrogens is 184 g/mol. The Kier molecular flexibility index (Phi) is 2.64. The topological polar surface area (TPSA) is 74.6 Å². The average Bonchev–Trinajstić information content (AvgIpc) is 2.09. The zero-order valence-corrected chi connectivity index (χ0v) is 8.28. The molecule has 2 unspecified atom stereocenters. The lowest BCUT2D eigenvalue weighted by atomic mass is 9.68. The van der Waals surface area contributed by atoms with E-state index < -0.39 is 23.3 Å². The Morgan fingerprint density at radius 3 is 2.50 bits per heavy atom. The van der Waals surface area contributed by atoms with Crippen LogP contribution >= 0.6 is 0 Å². The molecule has 78 valence electrons. The number of carbonyl (C=O) groups is 2. The van der Waals surface area contributed by atoms with Crippen molar-refractivity contribution in [3.8, 4) is 0 Å². The number of carboxylic acids is 2. The van der Waals surface area contributed by atoms with E-state index in [-0.39, 0.29) is 5.57 Å². The van der Waals surface area contributed by atoms with Gasteiger partial charge in [0.2, 0.25) is 0 Å². The van der Waals surface area contributed by atoms with Crippen molar-refractivity contribution in [3.05, 3.63) is 11.6 Å². The van der Waals surface area contributed by atoms with Gasteiger partial charge in [-0.3, -0.25) is 4.79 Å². The van der Waals surface area contributed by atoms with E-state index in [2.05, 4.69) is 0 Å². The Morgan fingerprint density at radius 2 is 2.07 bits per heavy atom. The Labute approximate surface area is 82.2 Å². The molecule has 0 heterocycles. The van der Waals surface area contributed by atoms with E-state index in [0.717, 1.165) is 0 Å². The largest absolute Gasteiger partial charge is 0.481 e. The van der Waals surface area contributed by atoms with Gasteiger partial charge in [-0.15, -0.1) is 0 Å². The van der Waals surface area contributed by atoms with Crippen LogP contribution in [-0.2, 0) is 9.59 Å². The summed E-state index contributed by atoms with van der Waals surface area (Å²) in [5.41, 5.74) is -0.719. The zero-order valence-electron chi connectivity index (χ0n) is 8.28. The smallest absolute Gasteiger partial charge is 0.331 e. The second kappa shape index (κ2) is 3.44. The third-order valence-corrected chi connectivity index (χ3v) is 3.19. The molecule has 0 bridgehead atoms. The van der Waals surface area contributed by atoms with Crippen LogP contribution < -0.4 is 0 Å². The number of allylic oxidation sites excluding steroid dienone is 1. The van der Waals surface area contributed by atoms with Crippen LogP contribution in [0.1, 0.15) is 26.7 Å². The molecule has 1 aliphatic rings. The number of hydrogen-bond donors (Lipinski definition) is 2. The van der Waals surface area contributed by atoms with Crippen molar-refractivity contribution in [1.82, 2.24) is 0 Å². The fourth-order valence-corrected chi connectivity index (χ4v) is 1.83. The molecule has 1 rings (SSSR count). The SMILES string of the molecule is CC1C(C(=O)O)=CCCC1(C)C(=O)O. The molecule has 4 nitrogen and oxygen atoms in total. The maximum absolute atomic E-state index is 11.0. The van der Waals surface area contributed by atoms with Crippen LogP contribution in [0.25, 0.3) is 0 Å². The van der Waals surface area contributed by atoms with Crippen LogP contribution in [0.5, 0.6) is 0 Å². The lowest BCUT2D eigenvalue weighted by Crippen LogP contribution is -2.39. The van der Waals surface area contributed by atoms with Crippen LogP contribution in [0.4, 0.5) is 0 Å². The van der Waals surface area contributed by atoms with E-state index in [4.69, 9.17) is 10.2 Å². The first-order valence-corrected chi connectivity index (χ1v) is 4.56. The molecule has 1 aliphatic carbocycles. The van der Waals surface area contributed by atoms with Gasteiger partial charge in [-0.25, -0.2) is 4.79 Å². The number of hydrogen-bond acceptors (Lipinski definition) is 2. The molecule has 0 saturated heterocycles. The minimum atomic E-state index is -1.01. The molecule has 0 saturated carbocycles. The second-order valence-corrected chi connectivity index (χ2v) is 3.95. The molecule has 0 fully saturated rings. The minimum absolute atomic E-state index is 0.223. The summed E-state index contributed by atoms with van der Waals surface area (Å²) in [7, 11) is 0. The molecule has 2 atom stereocenters. The summed E-state index contributed by atoms with van der Waals surface area (Å²) >= 11 is 0. The van der Waals surface area contributed by atoms with E-state index in [1.165, 1.54) is 0 Å². The fourth-order valence-electron chi connectivity index (χ4n) is 1.83. The van der Waals surface area contributed by atoms with Crippen LogP contribution in [0, 0.1) is 11.3 Å². The van der Waals surface area contributed by atoms with Gasteiger partial charge >= 0.3 is 11.9 Å². The van der Waals surface area contributed by atoms with Gasteiger partial charge in [0.1, 0.15) is 0 Å². The molecule has 0 aromatic carbocycles.